The number of carbonyl (C=O) groups excluding carboxylic acids is 2. The highest BCUT2D eigenvalue weighted by atomic mass is 32.1. The maximum Gasteiger partial charge on any atom is 0.286 e. The van der Waals surface area contributed by atoms with Gasteiger partial charge in [0.2, 0.25) is 11.8 Å². The number of hydrogen-bond acceptors (Lipinski definition) is 7. The maximum atomic E-state index is 13.2. The number of aromatic nitrogens is 2. The zero-order chi connectivity index (χ0) is 22.2. The average molecular weight is 451 g/mol. The molecule has 2 aliphatic heterocycles. The van der Waals surface area contributed by atoms with Crippen LogP contribution in [0.1, 0.15) is 55.2 Å². The largest absolute Gasteiger partial charge is 0.454 e. The Morgan fingerprint density at radius 2 is 1.91 bits per heavy atom. The van der Waals surface area contributed by atoms with E-state index in [1.807, 2.05) is 36.9 Å². The molecule has 3 heterocycles. The lowest BCUT2D eigenvalue weighted by atomic mass is 10.1. The Morgan fingerprint density at radius 3 is 2.75 bits per heavy atom. The fourth-order valence-corrected chi connectivity index (χ4v) is 4.81. The molecule has 1 N–H and O–H groups in total. The van der Waals surface area contributed by atoms with E-state index in [-0.39, 0.29) is 29.7 Å². The number of ether oxygens (including phenoxy) is 2. The van der Waals surface area contributed by atoms with Crippen molar-refractivity contribution in [3.63, 3.8) is 0 Å². The third-order valence-corrected chi connectivity index (χ3v) is 6.84. The van der Waals surface area contributed by atoms with Crippen LogP contribution in [0.4, 0.5) is 5.69 Å². The van der Waals surface area contributed by atoms with Crippen molar-refractivity contribution in [2.75, 3.05) is 18.7 Å². The van der Waals surface area contributed by atoms with E-state index in [1.54, 1.807) is 18.2 Å². The molecule has 0 aliphatic carbocycles. The molecule has 8 nitrogen and oxygen atoms in total. The molecule has 1 aromatic heterocycles. The first-order chi connectivity index (χ1) is 15.5. The summed E-state index contributed by atoms with van der Waals surface area (Å²) in [4.78, 5) is 27.7. The predicted molar refractivity (Wildman–Crippen MR) is 119 cm³/mol. The van der Waals surface area contributed by atoms with Crippen LogP contribution in [-0.4, -0.2) is 40.2 Å². The number of likely N-dealkylation sites (tertiary alicyclic amines) is 1. The van der Waals surface area contributed by atoms with E-state index in [1.165, 1.54) is 11.3 Å². The number of nitrogens with zero attached hydrogens (tertiary/aromatic N) is 3. The average Bonchev–Trinajstić information content (AvgIpc) is 3.54. The Hall–Kier alpha value is -3.46. The van der Waals surface area contributed by atoms with E-state index in [9.17, 15) is 9.59 Å². The Bertz CT molecular complexity index is 1210. The van der Waals surface area contributed by atoms with Crippen molar-refractivity contribution in [1.29, 1.82) is 0 Å². The molecule has 5 rings (SSSR count). The van der Waals surface area contributed by atoms with Gasteiger partial charge in [0.05, 0.1) is 6.04 Å². The standard InChI is InChI=1S/C23H22N4O4S/c1-13-5-6-15(10-14(13)2)23(29)27-9-3-4-17(27)21-25-26-22(32-21)20(28)24-16-7-8-18-19(11-16)31-12-30-18/h5-8,10-11,17H,3-4,9,12H2,1-2H3,(H,24,28). The summed E-state index contributed by atoms with van der Waals surface area (Å²) in [5.41, 5.74) is 3.50. The lowest BCUT2D eigenvalue weighted by molar-refractivity contribution is 0.0734. The van der Waals surface area contributed by atoms with Gasteiger partial charge >= 0.3 is 0 Å². The number of rotatable bonds is 4. The highest BCUT2D eigenvalue weighted by molar-refractivity contribution is 7.13. The number of fused-ring (bicyclic) bond motifs is 1. The maximum absolute atomic E-state index is 13.2. The van der Waals surface area contributed by atoms with Crippen LogP contribution in [0.3, 0.4) is 0 Å². The van der Waals surface area contributed by atoms with Gasteiger partial charge in [-0.1, -0.05) is 17.4 Å². The van der Waals surface area contributed by atoms with E-state index in [2.05, 4.69) is 15.5 Å². The topological polar surface area (TPSA) is 93.7 Å². The van der Waals surface area contributed by atoms with Gasteiger partial charge in [-0.05, 0) is 62.1 Å². The van der Waals surface area contributed by atoms with Crippen molar-refractivity contribution in [2.45, 2.75) is 32.7 Å². The number of benzene rings is 2. The Morgan fingerprint density at radius 1 is 1.06 bits per heavy atom. The van der Waals surface area contributed by atoms with E-state index in [0.717, 1.165) is 24.0 Å². The minimum absolute atomic E-state index is 0.0165. The SMILES string of the molecule is Cc1ccc(C(=O)N2CCCC2c2nnc(C(=O)Nc3ccc4c(c3)OCO4)s2)cc1C. The van der Waals surface area contributed by atoms with Crippen molar-refractivity contribution in [2.24, 2.45) is 0 Å². The zero-order valence-electron chi connectivity index (χ0n) is 17.8. The van der Waals surface area contributed by atoms with Crippen molar-refractivity contribution >= 4 is 28.8 Å². The fraction of sp³-hybridized carbons (Fsp3) is 0.304. The lowest BCUT2D eigenvalue weighted by Gasteiger charge is -2.23. The van der Waals surface area contributed by atoms with E-state index in [0.29, 0.717) is 34.3 Å². The number of amides is 2. The molecular weight excluding hydrogens is 428 g/mol. The molecule has 1 fully saturated rings. The number of nitrogens with one attached hydrogen (secondary N) is 1. The normalized spacial score (nSPS) is 16.9. The molecule has 2 aromatic carbocycles. The van der Waals surface area contributed by atoms with Crippen LogP contribution in [0.25, 0.3) is 0 Å². The molecule has 0 saturated carbocycles. The van der Waals surface area contributed by atoms with Crippen LogP contribution in [0.15, 0.2) is 36.4 Å². The van der Waals surface area contributed by atoms with E-state index < -0.39 is 0 Å². The summed E-state index contributed by atoms with van der Waals surface area (Å²) in [6.07, 6.45) is 1.69. The van der Waals surface area contributed by atoms with Crippen LogP contribution >= 0.6 is 11.3 Å². The second kappa shape index (κ2) is 8.23. The predicted octanol–water partition coefficient (Wildman–Crippen LogP) is 4.11. The highest BCUT2D eigenvalue weighted by Gasteiger charge is 2.33. The van der Waals surface area contributed by atoms with Gasteiger partial charge in [0.1, 0.15) is 5.01 Å². The summed E-state index contributed by atoms with van der Waals surface area (Å²) < 4.78 is 10.6. The zero-order valence-corrected chi connectivity index (χ0v) is 18.6. The van der Waals surface area contributed by atoms with E-state index in [4.69, 9.17) is 9.47 Å². The fourth-order valence-electron chi connectivity index (χ4n) is 3.93. The minimum Gasteiger partial charge on any atom is -0.454 e. The summed E-state index contributed by atoms with van der Waals surface area (Å²) in [7, 11) is 0. The molecule has 1 saturated heterocycles. The van der Waals surface area contributed by atoms with Crippen molar-refractivity contribution in [3.05, 3.63) is 63.1 Å². The number of carbonyl (C=O) groups is 2. The van der Waals surface area contributed by atoms with Gasteiger partial charge in [-0.2, -0.15) is 0 Å². The molecule has 32 heavy (non-hydrogen) atoms. The Labute approximate surface area is 189 Å². The number of anilines is 1. The van der Waals surface area contributed by atoms with Crippen molar-refractivity contribution in [1.82, 2.24) is 15.1 Å². The molecule has 1 atom stereocenters. The first-order valence-corrected chi connectivity index (χ1v) is 11.2. The van der Waals surface area contributed by atoms with Crippen LogP contribution in [-0.2, 0) is 0 Å². The second-order valence-corrected chi connectivity index (χ2v) is 8.93. The van der Waals surface area contributed by atoms with Gasteiger partial charge in [-0.3, -0.25) is 9.59 Å². The molecule has 0 bridgehead atoms. The molecule has 9 heteroatoms. The highest BCUT2D eigenvalue weighted by Crippen LogP contribution is 2.36. The molecule has 164 valence electrons. The summed E-state index contributed by atoms with van der Waals surface area (Å²) in [5.74, 6) is 0.873. The van der Waals surface area contributed by atoms with Crippen molar-refractivity contribution in [3.8, 4) is 11.5 Å². The Kier molecular flexibility index (Phi) is 5.26. The van der Waals surface area contributed by atoms with Gasteiger partial charge in [0, 0.05) is 23.9 Å². The van der Waals surface area contributed by atoms with Gasteiger partial charge in [0.15, 0.2) is 11.5 Å². The molecule has 0 radical (unpaired) electrons. The first-order valence-electron chi connectivity index (χ1n) is 10.4. The first kappa shape index (κ1) is 20.4. The number of aryl methyl sites for hydroxylation is 2. The molecular formula is C23H22N4O4S. The smallest absolute Gasteiger partial charge is 0.286 e. The lowest BCUT2D eigenvalue weighted by Crippen LogP contribution is -2.30. The summed E-state index contributed by atoms with van der Waals surface area (Å²) >= 11 is 1.22. The molecule has 0 spiro atoms. The summed E-state index contributed by atoms with van der Waals surface area (Å²) in [5, 5.41) is 12.1. The molecule has 2 amide bonds. The second-order valence-electron chi connectivity index (χ2n) is 7.92. The molecule has 3 aromatic rings. The quantitative estimate of drug-likeness (QED) is 0.643. The summed E-state index contributed by atoms with van der Waals surface area (Å²) in [6.45, 7) is 4.86. The van der Waals surface area contributed by atoms with Gasteiger partial charge in [0.25, 0.3) is 11.8 Å². The number of hydrogen-bond donors (Lipinski definition) is 1. The third-order valence-electron chi connectivity index (χ3n) is 5.82. The Balaban J connectivity index is 1.31. The van der Waals surface area contributed by atoms with Crippen LogP contribution in [0.2, 0.25) is 0 Å². The van der Waals surface area contributed by atoms with Gasteiger partial charge in [-0.25, -0.2) is 0 Å². The van der Waals surface area contributed by atoms with Crippen LogP contribution < -0.4 is 14.8 Å². The van der Waals surface area contributed by atoms with Crippen LogP contribution in [0, 0.1) is 13.8 Å². The molecule has 2 aliphatic rings. The molecule has 1 unspecified atom stereocenters. The van der Waals surface area contributed by atoms with E-state index >= 15 is 0 Å². The van der Waals surface area contributed by atoms with Crippen molar-refractivity contribution < 1.29 is 19.1 Å². The third kappa shape index (κ3) is 3.80. The van der Waals surface area contributed by atoms with Gasteiger partial charge < -0.3 is 19.7 Å². The monoisotopic (exact) mass is 450 g/mol. The minimum atomic E-state index is -0.349. The summed E-state index contributed by atoms with van der Waals surface area (Å²) in [6, 6.07) is 10.8. The van der Waals surface area contributed by atoms with Crippen LogP contribution in [0.5, 0.6) is 11.5 Å². The van der Waals surface area contributed by atoms with Gasteiger partial charge in [-0.15, -0.1) is 10.2 Å².